The predicted octanol–water partition coefficient (Wildman–Crippen LogP) is 3.03. The Morgan fingerprint density at radius 2 is 2.05 bits per heavy atom. The minimum absolute atomic E-state index is 0.518. The second-order valence-electron chi connectivity index (χ2n) is 4.95. The number of hydrogen-bond acceptors (Lipinski definition) is 5. The minimum atomic E-state index is 0.518. The zero-order valence-electron chi connectivity index (χ0n) is 12.3. The molecule has 1 fully saturated rings. The summed E-state index contributed by atoms with van der Waals surface area (Å²) in [7, 11) is 3.40. The molecule has 0 saturated heterocycles. The molecule has 112 valence electrons. The van der Waals surface area contributed by atoms with Crippen LogP contribution in [-0.4, -0.2) is 41.3 Å². The van der Waals surface area contributed by atoms with Gasteiger partial charge in [0.1, 0.15) is 5.75 Å². The third kappa shape index (κ3) is 3.06. The van der Waals surface area contributed by atoms with E-state index >= 15 is 0 Å². The first kappa shape index (κ1) is 14.4. The highest BCUT2D eigenvalue weighted by Gasteiger charge is 2.30. The van der Waals surface area contributed by atoms with Gasteiger partial charge in [-0.2, -0.15) is 0 Å². The first-order valence-electron chi connectivity index (χ1n) is 7.05. The monoisotopic (exact) mass is 305 g/mol. The van der Waals surface area contributed by atoms with Gasteiger partial charge in [-0.05, 0) is 25.0 Å². The van der Waals surface area contributed by atoms with Crippen LogP contribution < -0.4 is 4.74 Å². The largest absolute Gasteiger partial charge is 0.496 e. The van der Waals surface area contributed by atoms with Gasteiger partial charge in [-0.3, -0.25) is 4.57 Å². The molecule has 6 heteroatoms. The van der Waals surface area contributed by atoms with Gasteiger partial charge in [0.05, 0.1) is 19.3 Å². The van der Waals surface area contributed by atoms with Crippen LogP contribution in [0.25, 0.3) is 11.4 Å². The summed E-state index contributed by atoms with van der Waals surface area (Å²) in [6.07, 6.45) is 2.38. The van der Waals surface area contributed by atoms with E-state index in [-0.39, 0.29) is 0 Å². The Balaban J connectivity index is 1.95. The maximum absolute atomic E-state index is 5.45. The molecule has 0 spiro atoms. The zero-order valence-corrected chi connectivity index (χ0v) is 13.1. The Hall–Kier alpha value is -1.53. The van der Waals surface area contributed by atoms with Crippen molar-refractivity contribution in [3.8, 4) is 17.1 Å². The fraction of sp³-hybridized carbons (Fsp3) is 0.467. The summed E-state index contributed by atoms with van der Waals surface area (Å²) in [5.41, 5.74) is 0.998. The van der Waals surface area contributed by atoms with Crippen LogP contribution in [0.15, 0.2) is 29.4 Å². The van der Waals surface area contributed by atoms with E-state index in [0.29, 0.717) is 12.6 Å². The van der Waals surface area contributed by atoms with Crippen LogP contribution >= 0.6 is 11.8 Å². The fourth-order valence-electron chi connectivity index (χ4n) is 2.27. The lowest BCUT2D eigenvalue weighted by molar-refractivity contribution is 0.218. The third-order valence-corrected chi connectivity index (χ3v) is 4.35. The highest BCUT2D eigenvalue weighted by molar-refractivity contribution is 7.99. The average Bonchev–Trinajstić information content (AvgIpc) is 3.28. The molecule has 5 nitrogen and oxygen atoms in total. The molecule has 1 heterocycles. The smallest absolute Gasteiger partial charge is 0.191 e. The maximum Gasteiger partial charge on any atom is 0.191 e. The molecular weight excluding hydrogens is 286 g/mol. The van der Waals surface area contributed by atoms with Crippen molar-refractivity contribution in [2.75, 3.05) is 26.6 Å². The third-order valence-electron chi connectivity index (χ3n) is 3.44. The van der Waals surface area contributed by atoms with Crippen LogP contribution in [-0.2, 0) is 4.74 Å². The number of para-hydroxylation sites is 1. The maximum atomic E-state index is 5.45. The number of nitrogens with zero attached hydrogens (tertiary/aromatic N) is 3. The quantitative estimate of drug-likeness (QED) is 0.581. The highest BCUT2D eigenvalue weighted by atomic mass is 32.2. The summed E-state index contributed by atoms with van der Waals surface area (Å²) in [6.45, 7) is 0.714. The number of hydrogen-bond donors (Lipinski definition) is 0. The summed E-state index contributed by atoms with van der Waals surface area (Å²) in [5.74, 6) is 2.61. The second kappa shape index (κ2) is 6.49. The van der Waals surface area contributed by atoms with Crippen LogP contribution in [0, 0.1) is 0 Å². The van der Waals surface area contributed by atoms with Crippen molar-refractivity contribution in [2.45, 2.75) is 24.0 Å². The van der Waals surface area contributed by atoms with Gasteiger partial charge in [0.2, 0.25) is 0 Å². The van der Waals surface area contributed by atoms with Crippen molar-refractivity contribution < 1.29 is 9.47 Å². The molecule has 0 N–H and O–H groups in total. The molecule has 3 rings (SSSR count). The van der Waals surface area contributed by atoms with Gasteiger partial charge >= 0.3 is 0 Å². The summed E-state index contributed by atoms with van der Waals surface area (Å²) in [6, 6.07) is 8.48. The number of rotatable bonds is 7. The number of methoxy groups -OCH3 is 2. The molecule has 1 saturated carbocycles. The first-order chi connectivity index (χ1) is 10.3. The van der Waals surface area contributed by atoms with E-state index < -0.39 is 0 Å². The fourth-order valence-corrected chi connectivity index (χ4v) is 3.17. The average molecular weight is 305 g/mol. The molecule has 1 aromatic heterocycles. The molecule has 21 heavy (non-hydrogen) atoms. The molecule has 0 aliphatic heterocycles. The normalized spacial score (nSPS) is 14.4. The van der Waals surface area contributed by atoms with Crippen molar-refractivity contribution in [2.24, 2.45) is 0 Å². The van der Waals surface area contributed by atoms with E-state index in [1.54, 1.807) is 26.0 Å². The second-order valence-corrected chi connectivity index (χ2v) is 6.01. The molecule has 1 aliphatic carbocycles. The van der Waals surface area contributed by atoms with Crippen molar-refractivity contribution in [1.82, 2.24) is 14.8 Å². The zero-order chi connectivity index (χ0) is 14.7. The number of benzene rings is 1. The number of ether oxygens (including phenoxy) is 2. The number of thioether (sulfide) groups is 1. The van der Waals surface area contributed by atoms with Crippen LogP contribution in [0.5, 0.6) is 5.75 Å². The van der Waals surface area contributed by atoms with Gasteiger partial charge in [0, 0.05) is 18.9 Å². The summed E-state index contributed by atoms with van der Waals surface area (Å²) in [5, 5.41) is 9.74. The van der Waals surface area contributed by atoms with E-state index in [9.17, 15) is 0 Å². The molecule has 2 aromatic rings. The van der Waals surface area contributed by atoms with Crippen LogP contribution in [0.3, 0.4) is 0 Å². The lowest BCUT2D eigenvalue weighted by Crippen LogP contribution is -2.02. The minimum Gasteiger partial charge on any atom is -0.496 e. The topological polar surface area (TPSA) is 49.2 Å². The first-order valence-corrected chi connectivity index (χ1v) is 8.03. The van der Waals surface area contributed by atoms with E-state index in [1.165, 1.54) is 12.8 Å². The Kier molecular flexibility index (Phi) is 4.45. The van der Waals surface area contributed by atoms with Crippen molar-refractivity contribution in [3.63, 3.8) is 0 Å². The van der Waals surface area contributed by atoms with Crippen molar-refractivity contribution in [1.29, 1.82) is 0 Å². The Bertz CT molecular complexity index is 611. The summed E-state index contributed by atoms with van der Waals surface area (Å²) >= 11 is 1.69. The van der Waals surface area contributed by atoms with E-state index in [4.69, 9.17) is 9.47 Å². The van der Waals surface area contributed by atoms with Gasteiger partial charge in [0.25, 0.3) is 0 Å². The molecule has 0 amide bonds. The van der Waals surface area contributed by atoms with E-state index in [2.05, 4.69) is 14.8 Å². The molecule has 1 aromatic carbocycles. The molecule has 0 unspecified atom stereocenters. The Morgan fingerprint density at radius 3 is 2.76 bits per heavy atom. The van der Waals surface area contributed by atoms with Gasteiger partial charge < -0.3 is 9.47 Å². The summed E-state index contributed by atoms with van der Waals surface area (Å²) < 4.78 is 12.8. The molecule has 0 atom stereocenters. The van der Waals surface area contributed by atoms with Crippen LogP contribution in [0.2, 0.25) is 0 Å². The van der Waals surface area contributed by atoms with Crippen LogP contribution in [0.4, 0.5) is 0 Å². The van der Waals surface area contributed by atoms with Gasteiger partial charge in [-0.25, -0.2) is 0 Å². The van der Waals surface area contributed by atoms with Gasteiger partial charge in [-0.15, -0.1) is 10.2 Å². The Morgan fingerprint density at radius 1 is 1.24 bits per heavy atom. The standard InChI is InChI=1S/C15H19N3O2S/c1-19-9-10-21-15-17-16-14(18(15)11-7-8-11)12-5-3-4-6-13(12)20-2/h3-6,11H,7-10H2,1-2H3. The van der Waals surface area contributed by atoms with Crippen molar-refractivity contribution in [3.05, 3.63) is 24.3 Å². The van der Waals surface area contributed by atoms with E-state index in [1.807, 2.05) is 24.3 Å². The molecule has 0 bridgehead atoms. The van der Waals surface area contributed by atoms with Gasteiger partial charge in [-0.1, -0.05) is 23.9 Å². The lowest BCUT2D eigenvalue weighted by atomic mass is 10.2. The summed E-state index contributed by atoms with van der Waals surface area (Å²) in [4.78, 5) is 0. The van der Waals surface area contributed by atoms with Gasteiger partial charge in [0.15, 0.2) is 11.0 Å². The SMILES string of the molecule is COCCSc1nnc(-c2ccccc2OC)n1C1CC1. The highest BCUT2D eigenvalue weighted by Crippen LogP contribution is 2.42. The number of aromatic nitrogens is 3. The molecule has 1 aliphatic rings. The van der Waals surface area contributed by atoms with Crippen molar-refractivity contribution >= 4 is 11.8 Å². The molecule has 0 radical (unpaired) electrons. The predicted molar refractivity (Wildman–Crippen MR) is 82.9 cm³/mol. The van der Waals surface area contributed by atoms with E-state index in [0.717, 1.165) is 28.0 Å². The van der Waals surface area contributed by atoms with Crippen LogP contribution in [0.1, 0.15) is 18.9 Å². The Labute approximate surface area is 128 Å². The molecular formula is C15H19N3O2S. The lowest BCUT2D eigenvalue weighted by Gasteiger charge is -2.11.